The van der Waals surface area contributed by atoms with Gasteiger partial charge in [0.2, 0.25) is 5.91 Å². The van der Waals surface area contributed by atoms with E-state index in [-0.39, 0.29) is 22.3 Å². The van der Waals surface area contributed by atoms with Crippen molar-refractivity contribution in [1.29, 1.82) is 0 Å². The predicted octanol–water partition coefficient (Wildman–Crippen LogP) is 5.66. The Hall–Kier alpha value is -2.74. The molecule has 1 saturated carbocycles. The second-order valence-electron chi connectivity index (χ2n) is 11.1. The third kappa shape index (κ3) is 7.38. The van der Waals surface area contributed by atoms with Gasteiger partial charge in [-0.25, -0.2) is 8.42 Å². The fraction of sp³-hybridized carbons (Fsp3) is 0.536. The molecule has 1 N–H and O–H groups in total. The zero-order chi connectivity index (χ0) is 26.5. The summed E-state index contributed by atoms with van der Waals surface area (Å²) in [6.07, 6.45) is 5.97. The van der Waals surface area contributed by atoms with Gasteiger partial charge in [-0.15, -0.1) is 0 Å². The van der Waals surface area contributed by atoms with Crippen LogP contribution in [0.25, 0.3) is 0 Å². The quantitative estimate of drug-likeness (QED) is 0.466. The molecular weight excluding hydrogens is 474 g/mol. The van der Waals surface area contributed by atoms with Crippen molar-refractivity contribution in [3.8, 4) is 5.75 Å². The number of methoxy groups -OCH3 is 1. The van der Waals surface area contributed by atoms with Crippen LogP contribution in [0.2, 0.25) is 0 Å². The number of anilines is 2. The number of hydrogen-bond donors (Lipinski definition) is 1. The summed E-state index contributed by atoms with van der Waals surface area (Å²) in [7, 11) is 1.68. The van der Waals surface area contributed by atoms with Gasteiger partial charge in [-0.3, -0.25) is 9.52 Å². The molecule has 0 spiro atoms. The second kappa shape index (κ2) is 11.5. The SMILES string of the molecule is COc1ccc(S(=O)(=O)Nc2ccc(N(C)C)c(CN(C(=O)CC(C)(C)C)C3CCCCC3)c2)cc1. The average Bonchev–Trinajstić information content (AvgIpc) is 2.81. The van der Waals surface area contributed by atoms with Crippen molar-refractivity contribution in [2.75, 3.05) is 30.8 Å². The van der Waals surface area contributed by atoms with E-state index in [1.165, 1.54) is 18.6 Å². The van der Waals surface area contributed by atoms with Crippen LogP contribution in [-0.4, -0.2) is 46.5 Å². The van der Waals surface area contributed by atoms with Gasteiger partial charge in [0.25, 0.3) is 10.0 Å². The Morgan fingerprint density at radius 2 is 1.67 bits per heavy atom. The van der Waals surface area contributed by atoms with Crippen LogP contribution in [0.5, 0.6) is 5.75 Å². The van der Waals surface area contributed by atoms with E-state index in [0.29, 0.717) is 24.4 Å². The first-order chi connectivity index (χ1) is 16.9. The minimum Gasteiger partial charge on any atom is -0.497 e. The number of hydrogen-bond acceptors (Lipinski definition) is 5. The largest absolute Gasteiger partial charge is 0.497 e. The van der Waals surface area contributed by atoms with Crippen molar-refractivity contribution in [2.45, 2.75) is 76.8 Å². The first-order valence-corrected chi connectivity index (χ1v) is 14.1. The van der Waals surface area contributed by atoms with Crippen molar-refractivity contribution in [3.63, 3.8) is 0 Å². The smallest absolute Gasteiger partial charge is 0.261 e. The van der Waals surface area contributed by atoms with Crippen LogP contribution in [0.1, 0.15) is 64.9 Å². The standard InChI is InChI=1S/C28H41N3O4S/c1-28(2,3)19-27(32)31(23-10-8-7-9-11-23)20-21-18-22(12-17-26(21)30(4)5)29-36(33,34)25-15-13-24(35-6)14-16-25/h12-18,23,29H,7-11,19-20H2,1-6H3. The number of nitrogens with one attached hydrogen (secondary N) is 1. The molecule has 1 aliphatic carbocycles. The fourth-order valence-corrected chi connectivity index (χ4v) is 5.78. The van der Waals surface area contributed by atoms with Crippen molar-refractivity contribution in [3.05, 3.63) is 48.0 Å². The fourth-order valence-electron chi connectivity index (χ4n) is 4.73. The number of carbonyl (C=O) groups excluding carboxylic acids is 1. The van der Waals surface area contributed by atoms with Gasteiger partial charge in [-0.2, -0.15) is 0 Å². The number of carbonyl (C=O) groups is 1. The Morgan fingerprint density at radius 1 is 1.03 bits per heavy atom. The third-order valence-corrected chi connectivity index (χ3v) is 7.94. The maximum absolute atomic E-state index is 13.5. The molecule has 0 aromatic heterocycles. The summed E-state index contributed by atoms with van der Waals surface area (Å²) in [4.78, 5) is 17.7. The molecule has 7 nitrogen and oxygen atoms in total. The molecule has 2 aromatic carbocycles. The monoisotopic (exact) mass is 515 g/mol. The van der Waals surface area contributed by atoms with E-state index < -0.39 is 10.0 Å². The zero-order valence-electron chi connectivity index (χ0n) is 22.5. The number of benzene rings is 2. The van der Waals surface area contributed by atoms with Crippen LogP contribution in [0.4, 0.5) is 11.4 Å². The molecular formula is C28H41N3O4S. The Labute approximate surface area is 216 Å². The molecule has 0 radical (unpaired) electrons. The zero-order valence-corrected chi connectivity index (χ0v) is 23.3. The first-order valence-electron chi connectivity index (χ1n) is 12.7. The van der Waals surface area contributed by atoms with Gasteiger partial charge in [-0.05, 0) is 66.3 Å². The molecule has 198 valence electrons. The topological polar surface area (TPSA) is 79.0 Å². The number of rotatable bonds is 9. The number of amides is 1. The minimum atomic E-state index is -3.78. The summed E-state index contributed by atoms with van der Waals surface area (Å²) >= 11 is 0. The number of nitrogens with zero attached hydrogens (tertiary/aromatic N) is 2. The van der Waals surface area contributed by atoms with Crippen LogP contribution < -0.4 is 14.4 Å². The molecule has 2 aromatic rings. The summed E-state index contributed by atoms with van der Waals surface area (Å²) in [5.41, 5.74) is 2.25. The molecule has 36 heavy (non-hydrogen) atoms. The van der Waals surface area contributed by atoms with E-state index in [4.69, 9.17) is 4.74 Å². The Balaban J connectivity index is 1.92. The summed E-state index contributed by atoms with van der Waals surface area (Å²) in [6.45, 7) is 6.71. The molecule has 3 rings (SSSR count). The van der Waals surface area contributed by atoms with Crippen LogP contribution in [0.3, 0.4) is 0 Å². The molecule has 0 aliphatic heterocycles. The van der Waals surface area contributed by atoms with Gasteiger partial charge in [0.05, 0.1) is 12.0 Å². The highest BCUT2D eigenvalue weighted by Crippen LogP contribution is 2.31. The summed E-state index contributed by atoms with van der Waals surface area (Å²) in [5, 5.41) is 0. The van der Waals surface area contributed by atoms with Gasteiger partial charge in [0, 0.05) is 44.5 Å². The Bertz CT molecular complexity index is 1130. The lowest BCUT2D eigenvalue weighted by atomic mass is 9.89. The molecule has 1 amide bonds. The number of ether oxygens (including phenoxy) is 1. The Morgan fingerprint density at radius 3 is 2.22 bits per heavy atom. The van der Waals surface area contributed by atoms with Gasteiger partial charge in [-0.1, -0.05) is 40.0 Å². The highest BCUT2D eigenvalue weighted by molar-refractivity contribution is 7.92. The lowest BCUT2D eigenvalue weighted by Crippen LogP contribution is -2.42. The Kier molecular flexibility index (Phi) is 8.93. The van der Waals surface area contributed by atoms with Crippen LogP contribution in [-0.2, 0) is 21.4 Å². The van der Waals surface area contributed by atoms with Crippen molar-refractivity contribution < 1.29 is 17.9 Å². The lowest BCUT2D eigenvalue weighted by Gasteiger charge is -2.37. The van der Waals surface area contributed by atoms with E-state index in [1.54, 1.807) is 25.3 Å². The molecule has 0 saturated heterocycles. The normalized spacial score (nSPS) is 14.8. The van der Waals surface area contributed by atoms with Crippen molar-refractivity contribution in [2.24, 2.45) is 5.41 Å². The lowest BCUT2D eigenvalue weighted by molar-refractivity contribution is -0.136. The van der Waals surface area contributed by atoms with E-state index >= 15 is 0 Å². The van der Waals surface area contributed by atoms with E-state index in [1.807, 2.05) is 36.0 Å². The van der Waals surface area contributed by atoms with Crippen LogP contribution in [0, 0.1) is 5.41 Å². The van der Waals surface area contributed by atoms with Gasteiger partial charge in [0.1, 0.15) is 5.75 Å². The van der Waals surface area contributed by atoms with Crippen LogP contribution >= 0.6 is 0 Å². The van der Waals surface area contributed by atoms with Crippen molar-refractivity contribution >= 4 is 27.3 Å². The highest BCUT2D eigenvalue weighted by atomic mass is 32.2. The summed E-state index contributed by atoms with van der Waals surface area (Å²) in [6, 6.07) is 12.0. The first kappa shape index (κ1) is 27.8. The van der Waals surface area contributed by atoms with Crippen LogP contribution in [0.15, 0.2) is 47.4 Å². The average molecular weight is 516 g/mol. The molecule has 0 atom stereocenters. The molecule has 1 fully saturated rings. The van der Waals surface area contributed by atoms with E-state index in [9.17, 15) is 13.2 Å². The minimum absolute atomic E-state index is 0.107. The third-order valence-electron chi connectivity index (χ3n) is 6.54. The van der Waals surface area contributed by atoms with E-state index in [0.717, 1.165) is 36.9 Å². The molecule has 0 bridgehead atoms. The predicted molar refractivity (Wildman–Crippen MR) is 146 cm³/mol. The van der Waals surface area contributed by atoms with Gasteiger partial charge in [0.15, 0.2) is 0 Å². The summed E-state index contributed by atoms with van der Waals surface area (Å²) < 4.78 is 33.9. The second-order valence-corrected chi connectivity index (χ2v) is 12.8. The van der Waals surface area contributed by atoms with E-state index in [2.05, 4.69) is 25.5 Å². The number of sulfonamides is 1. The summed E-state index contributed by atoms with van der Waals surface area (Å²) in [5.74, 6) is 0.748. The molecule has 8 heteroatoms. The molecule has 0 heterocycles. The maximum Gasteiger partial charge on any atom is 0.261 e. The van der Waals surface area contributed by atoms with Gasteiger partial charge < -0.3 is 14.5 Å². The van der Waals surface area contributed by atoms with Crippen molar-refractivity contribution in [1.82, 2.24) is 4.90 Å². The molecule has 1 aliphatic rings. The maximum atomic E-state index is 13.5. The van der Waals surface area contributed by atoms with Gasteiger partial charge >= 0.3 is 0 Å². The highest BCUT2D eigenvalue weighted by Gasteiger charge is 2.29. The molecule has 0 unspecified atom stereocenters.